The van der Waals surface area contributed by atoms with Gasteiger partial charge in [-0.3, -0.25) is 4.79 Å². The molecule has 1 amide bonds. The molecular weight excluding hydrogens is 229 g/mol. The van der Waals surface area contributed by atoms with Crippen LogP contribution in [0.25, 0.3) is 0 Å². The fourth-order valence-electron chi connectivity index (χ4n) is 2.68. The summed E-state index contributed by atoms with van der Waals surface area (Å²) in [6.07, 6.45) is 5.64. The number of benzene rings is 1. The highest BCUT2D eigenvalue weighted by atomic mass is 19.1. The van der Waals surface area contributed by atoms with Gasteiger partial charge in [-0.25, -0.2) is 4.39 Å². The van der Waals surface area contributed by atoms with Crippen LogP contribution in [0.1, 0.15) is 54.9 Å². The van der Waals surface area contributed by atoms with Gasteiger partial charge in [0.25, 0.3) is 5.91 Å². The molecule has 1 aliphatic rings. The number of carbonyl (C=O) groups excluding carboxylic acids is 1. The summed E-state index contributed by atoms with van der Waals surface area (Å²) in [6.45, 7) is 3.87. The summed E-state index contributed by atoms with van der Waals surface area (Å²) in [5.41, 5.74) is 1.16. The number of carbonyl (C=O) groups is 1. The first-order valence-electron chi connectivity index (χ1n) is 6.59. The molecule has 1 fully saturated rings. The zero-order valence-corrected chi connectivity index (χ0v) is 11.1. The van der Waals surface area contributed by atoms with Gasteiger partial charge in [-0.2, -0.15) is 0 Å². The molecule has 1 N–H and O–H groups in total. The Morgan fingerprint density at radius 3 is 2.56 bits per heavy atom. The molecule has 0 aliphatic heterocycles. The standard InChI is InChI=1S/C15H20FNO/c1-11-10-12(16)6-7-13(11)14(18)17-15(2)8-4-3-5-9-15/h6-7,10H,3-5,8-9H2,1-2H3,(H,17,18). The lowest BCUT2D eigenvalue weighted by atomic mass is 9.83. The molecule has 0 heterocycles. The summed E-state index contributed by atoms with van der Waals surface area (Å²) >= 11 is 0. The second-order valence-electron chi connectivity index (χ2n) is 5.53. The van der Waals surface area contributed by atoms with Crippen LogP contribution in [0.5, 0.6) is 0 Å². The molecular formula is C15H20FNO. The van der Waals surface area contributed by atoms with Gasteiger partial charge in [0.2, 0.25) is 0 Å². The summed E-state index contributed by atoms with van der Waals surface area (Å²) in [5, 5.41) is 3.11. The Bertz CT molecular complexity index is 450. The highest BCUT2D eigenvalue weighted by Gasteiger charge is 2.28. The first-order valence-corrected chi connectivity index (χ1v) is 6.59. The molecule has 2 rings (SSSR count). The lowest BCUT2D eigenvalue weighted by Gasteiger charge is -2.34. The quantitative estimate of drug-likeness (QED) is 0.852. The Labute approximate surface area is 108 Å². The van der Waals surface area contributed by atoms with Crippen molar-refractivity contribution in [3.8, 4) is 0 Å². The average molecular weight is 249 g/mol. The predicted molar refractivity (Wildman–Crippen MR) is 70.1 cm³/mol. The van der Waals surface area contributed by atoms with Crippen LogP contribution < -0.4 is 5.32 Å². The van der Waals surface area contributed by atoms with Crippen molar-refractivity contribution in [2.75, 3.05) is 0 Å². The number of amides is 1. The zero-order valence-electron chi connectivity index (χ0n) is 11.1. The molecule has 0 spiro atoms. The SMILES string of the molecule is Cc1cc(F)ccc1C(=O)NC1(C)CCCCC1. The summed E-state index contributed by atoms with van der Waals surface area (Å²) in [5.74, 6) is -0.384. The topological polar surface area (TPSA) is 29.1 Å². The van der Waals surface area contributed by atoms with Crippen LogP contribution in [0.3, 0.4) is 0 Å². The van der Waals surface area contributed by atoms with Crippen LogP contribution in [-0.2, 0) is 0 Å². The van der Waals surface area contributed by atoms with Crippen LogP contribution in [0, 0.1) is 12.7 Å². The van der Waals surface area contributed by atoms with Gasteiger partial charge in [-0.15, -0.1) is 0 Å². The molecule has 3 heteroatoms. The second kappa shape index (κ2) is 5.09. The van der Waals surface area contributed by atoms with Crippen LogP contribution in [-0.4, -0.2) is 11.4 Å². The maximum absolute atomic E-state index is 13.0. The third-order valence-electron chi connectivity index (χ3n) is 3.81. The van der Waals surface area contributed by atoms with E-state index in [2.05, 4.69) is 12.2 Å². The Balaban J connectivity index is 2.11. The molecule has 98 valence electrons. The molecule has 18 heavy (non-hydrogen) atoms. The summed E-state index contributed by atoms with van der Waals surface area (Å²) in [7, 11) is 0. The second-order valence-corrected chi connectivity index (χ2v) is 5.53. The van der Waals surface area contributed by atoms with E-state index in [1.54, 1.807) is 13.0 Å². The molecule has 0 bridgehead atoms. The number of nitrogens with one attached hydrogen (secondary N) is 1. The van der Waals surface area contributed by atoms with E-state index in [9.17, 15) is 9.18 Å². The van der Waals surface area contributed by atoms with E-state index in [0.29, 0.717) is 11.1 Å². The van der Waals surface area contributed by atoms with Crippen LogP contribution in [0.4, 0.5) is 4.39 Å². The monoisotopic (exact) mass is 249 g/mol. The minimum absolute atomic E-state index is 0.0862. The van der Waals surface area contributed by atoms with Gasteiger partial charge in [0, 0.05) is 11.1 Å². The van der Waals surface area contributed by atoms with Gasteiger partial charge in [0.05, 0.1) is 0 Å². The van der Waals surface area contributed by atoms with Crippen molar-refractivity contribution in [2.24, 2.45) is 0 Å². The zero-order chi connectivity index (χ0) is 13.2. The first-order chi connectivity index (χ1) is 8.50. The van der Waals surface area contributed by atoms with Crippen molar-refractivity contribution < 1.29 is 9.18 Å². The molecule has 1 aromatic rings. The number of rotatable bonds is 2. The Morgan fingerprint density at radius 1 is 1.28 bits per heavy atom. The maximum atomic E-state index is 13.0. The predicted octanol–water partition coefficient (Wildman–Crippen LogP) is 3.59. The fourth-order valence-corrected chi connectivity index (χ4v) is 2.68. The Kier molecular flexibility index (Phi) is 3.69. The van der Waals surface area contributed by atoms with Crippen molar-refractivity contribution in [2.45, 2.75) is 51.5 Å². The van der Waals surface area contributed by atoms with E-state index in [1.807, 2.05) is 0 Å². The minimum atomic E-state index is -0.298. The number of halogens is 1. The van der Waals surface area contributed by atoms with Crippen LogP contribution in [0.15, 0.2) is 18.2 Å². The van der Waals surface area contributed by atoms with E-state index >= 15 is 0 Å². The number of hydrogen-bond donors (Lipinski definition) is 1. The summed E-state index contributed by atoms with van der Waals surface area (Å²) in [6, 6.07) is 4.30. The van der Waals surface area contributed by atoms with Gasteiger partial charge < -0.3 is 5.32 Å². The molecule has 0 radical (unpaired) electrons. The van der Waals surface area contributed by atoms with Gasteiger partial charge in [-0.1, -0.05) is 19.3 Å². The highest BCUT2D eigenvalue weighted by molar-refractivity contribution is 5.96. The summed E-state index contributed by atoms with van der Waals surface area (Å²) < 4.78 is 13.0. The molecule has 0 atom stereocenters. The third-order valence-corrected chi connectivity index (χ3v) is 3.81. The number of hydrogen-bond acceptors (Lipinski definition) is 1. The van der Waals surface area contributed by atoms with Crippen LogP contribution >= 0.6 is 0 Å². The maximum Gasteiger partial charge on any atom is 0.251 e. The Morgan fingerprint density at radius 2 is 1.94 bits per heavy atom. The van der Waals surface area contributed by atoms with E-state index < -0.39 is 0 Å². The van der Waals surface area contributed by atoms with E-state index in [-0.39, 0.29) is 17.3 Å². The van der Waals surface area contributed by atoms with Crippen molar-refractivity contribution >= 4 is 5.91 Å². The van der Waals surface area contributed by atoms with Gasteiger partial charge in [0.15, 0.2) is 0 Å². The molecule has 2 nitrogen and oxygen atoms in total. The molecule has 0 unspecified atom stereocenters. The van der Waals surface area contributed by atoms with Crippen molar-refractivity contribution in [3.63, 3.8) is 0 Å². The molecule has 1 aliphatic carbocycles. The first kappa shape index (κ1) is 13.1. The van der Waals surface area contributed by atoms with Gasteiger partial charge in [-0.05, 0) is 50.5 Å². The van der Waals surface area contributed by atoms with E-state index in [0.717, 1.165) is 12.8 Å². The van der Waals surface area contributed by atoms with Crippen molar-refractivity contribution in [1.29, 1.82) is 0 Å². The van der Waals surface area contributed by atoms with Gasteiger partial charge in [0.1, 0.15) is 5.82 Å². The molecule has 1 aromatic carbocycles. The smallest absolute Gasteiger partial charge is 0.251 e. The summed E-state index contributed by atoms with van der Waals surface area (Å²) in [4.78, 5) is 12.2. The molecule has 0 aromatic heterocycles. The van der Waals surface area contributed by atoms with Gasteiger partial charge >= 0.3 is 0 Å². The normalized spacial score (nSPS) is 18.4. The van der Waals surface area contributed by atoms with E-state index in [1.165, 1.54) is 31.4 Å². The average Bonchev–Trinajstić information content (AvgIpc) is 2.28. The minimum Gasteiger partial charge on any atom is -0.347 e. The highest BCUT2D eigenvalue weighted by Crippen LogP contribution is 2.28. The van der Waals surface area contributed by atoms with Crippen molar-refractivity contribution in [1.82, 2.24) is 5.32 Å². The largest absolute Gasteiger partial charge is 0.347 e. The lowest BCUT2D eigenvalue weighted by molar-refractivity contribution is 0.0882. The molecule has 0 saturated heterocycles. The van der Waals surface area contributed by atoms with Crippen LogP contribution in [0.2, 0.25) is 0 Å². The third kappa shape index (κ3) is 2.89. The fraction of sp³-hybridized carbons (Fsp3) is 0.533. The number of aryl methyl sites for hydroxylation is 1. The lowest BCUT2D eigenvalue weighted by Crippen LogP contribution is -2.47. The van der Waals surface area contributed by atoms with E-state index in [4.69, 9.17) is 0 Å². The molecule has 1 saturated carbocycles. The van der Waals surface area contributed by atoms with Crippen molar-refractivity contribution in [3.05, 3.63) is 35.1 Å². The Hall–Kier alpha value is -1.38.